The summed E-state index contributed by atoms with van der Waals surface area (Å²) in [6.45, 7) is 0.897. The van der Waals surface area contributed by atoms with E-state index in [1.165, 1.54) is 45.6 Å². The summed E-state index contributed by atoms with van der Waals surface area (Å²) in [5, 5.41) is 1.11. The van der Waals surface area contributed by atoms with Gasteiger partial charge in [-0.05, 0) is 30.9 Å². The number of methoxy groups -OCH3 is 1. The Kier molecular flexibility index (Phi) is 4.81. The third-order valence-electron chi connectivity index (χ3n) is 4.92. The van der Waals surface area contributed by atoms with Crippen molar-refractivity contribution in [2.24, 2.45) is 5.92 Å². The van der Waals surface area contributed by atoms with Crippen LogP contribution in [0.1, 0.15) is 55.4 Å². The van der Waals surface area contributed by atoms with Crippen molar-refractivity contribution in [3.8, 4) is 0 Å². The minimum Gasteiger partial charge on any atom is -0.464 e. The number of aryl methyl sites for hydroxylation is 1. The molecule has 1 aliphatic rings. The highest BCUT2D eigenvalue weighted by atomic mass is 16.5. The summed E-state index contributed by atoms with van der Waals surface area (Å²) in [6.07, 6.45) is 9.37. The van der Waals surface area contributed by atoms with Crippen LogP contribution in [0, 0.1) is 5.92 Å². The molecular formula is C19H25NO2. The largest absolute Gasteiger partial charge is 0.464 e. The van der Waals surface area contributed by atoms with Gasteiger partial charge >= 0.3 is 5.97 Å². The Morgan fingerprint density at radius 1 is 1.23 bits per heavy atom. The van der Waals surface area contributed by atoms with Gasteiger partial charge in [-0.3, -0.25) is 0 Å². The second-order valence-electron chi connectivity index (χ2n) is 6.38. The van der Waals surface area contributed by atoms with Crippen LogP contribution in [0.25, 0.3) is 10.9 Å². The van der Waals surface area contributed by atoms with E-state index < -0.39 is 0 Å². The second kappa shape index (κ2) is 6.99. The Hall–Kier alpha value is -1.77. The standard InChI is InChI=1S/C19H25NO2/c1-22-19(21)18-14-16-11-5-6-12-17(16)20(18)13-7-10-15-8-3-2-4-9-15/h5-6,11-12,14-15H,2-4,7-10,13H2,1H3. The van der Waals surface area contributed by atoms with E-state index in [2.05, 4.69) is 16.7 Å². The van der Waals surface area contributed by atoms with Crippen LogP contribution in [0.4, 0.5) is 0 Å². The fraction of sp³-hybridized carbons (Fsp3) is 0.526. The van der Waals surface area contributed by atoms with Gasteiger partial charge in [0.2, 0.25) is 0 Å². The summed E-state index contributed by atoms with van der Waals surface area (Å²) >= 11 is 0. The number of carbonyl (C=O) groups is 1. The van der Waals surface area contributed by atoms with E-state index in [0.29, 0.717) is 5.69 Å². The highest BCUT2D eigenvalue weighted by Gasteiger charge is 2.17. The maximum atomic E-state index is 12.0. The second-order valence-corrected chi connectivity index (χ2v) is 6.38. The lowest BCUT2D eigenvalue weighted by Crippen LogP contribution is -2.12. The Morgan fingerprint density at radius 2 is 2.00 bits per heavy atom. The quantitative estimate of drug-likeness (QED) is 0.743. The number of aromatic nitrogens is 1. The molecule has 0 radical (unpaired) electrons. The van der Waals surface area contributed by atoms with Gasteiger partial charge in [-0.2, -0.15) is 0 Å². The van der Waals surface area contributed by atoms with Gasteiger partial charge in [0, 0.05) is 17.4 Å². The van der Waals surface area contributed by atoms with E-state index in [-0.39, 0.29) is 5.97 Å². The van der Waals surface area contributed by atoms with Gasteiger partial charge in [-0.1, -0.05) is 50.3 Å². The van der Waals surface area contributed by atoms with Crippen LogP contribution >= 0.6 is 0 Å². The molecule has 0 saturated heterocycles. The molecule has 1 heterocycles. The van der Waals surface area contributed by atoms with Gasteiger partial charge < -0.3 is 9.30 Å². The predicted molar refractivity (Wildman–Crippen MR) is 89.1 cm³/mol. The highest BCUT2D eigenvalue weighted by Crippen LogP contribution is 2.28. The highest BCUT2D eigenvalue weighted by molar-refractivity contribution is 5.95. The molecule has 1 saturated carbocycles. The molecule has 3 heteroatoms. The van der Waals surface area contributed by atoms with Crippen molar-refractivity contribution in [3.05, 3.63) is 36.0 Å². The van der Waals surface area contributed by atoms with Crippen molar-refractivity contribution >= 4 is 16.9 Å². The third kappa shape index (κ3) is 3.18. The Bertz CT molecular complexity index is 638. The van der Waals surface area contributed by atoms with Crippen LogP contribution in [-0.4, -0.2) is 17.6 Å². The number of carbonyl (C=O) groups excluding carboxylic acids is 1. The molecule has 1 aromatic heterocycles. The van der Waals surface area contributed by atoms with Crippen molar-refractivity contribution in [2.75, 3.05) is 7.11 Å². The fourth-order valence-corrected chi connectivity index (χ4v) is 3.74. The van der Waals surface area contributed by atoms with Crippen LogP contribution in [0.3, 0.4) is 0 Å². The van der Waals surface area contributed by atoms with Crippen LogP contribution in [-0.2, 0) is 11.3 Å². The number of ether oxygens (including phenoxy) is 1. The number of benzene rings is 1. The zero-order chi connectivity index (χ0) is 15.4. The van der Waals surface area contributed by atoms with Crippen molar-refractivity contribution in [3.63, 3.8) is 0 Å². The number of hydrogen-bond acceptors (Lipinski definition) is 2. The molecule has 2 aromatic rings. The molecule has 3 rings (SSSR count). The molecular weight excluding hydrogens is 274 g/mol. The first-order valence-corrected chi connectivity index (χ1v) is 8.46. The third-order valence-corrected chi connectivity index (χ3v) is 4.92. The van der Waals surface area contributed by atoms with E-state index >= 15 is 0 Å². The molecule has 0 aliphatic heterocycles. The molecule has 0 bridgehead atoms. The summed E-state index contributed by atoms with van der Waals surface area (Å²) in [7, 11) is 1.45. The topological polar surface area (TPSA) is 31.2 Å². The molecule has 118 valence electrons. The zero-order valence-electron chi connectivity index (χ0n) is 13.4. The first kappa shape index (κ1) is 15.1. The maximum absolute atomic E-state index is 12.0. The molecule has 0 amide bonds. The summed E-state index contributed by atoms with van der Waals surface area (Å²) in [5.74, 6) is 0.644. The van der Waals surface area contributed by atoms with E-state index in [4.69, 9.17) is 4.74 Å². The van der Waals surface area contributed by atoms with Gasteiger partial charge in [0.05, 0.1) is 7.11 Å². The molecule has 0 N–H and O–H groups in total. The Morgan fingerprint density at radius 3 is 2.77 bits per heavy atom. The van der Waals surface area contributed by atoms with E-state index in [9.17, 15) is 4.79 Å². The van der Waals surface area contributed by atoms with Crippen LogP contribution in [0.5, 0.6) is 0 Å². The molecule has 1 fully saturated rings. The Balaban J connectivity index is 1.74. The van der Waals surface area contributed by atoms with Crippen molar-refractivity contribution in [1.29, 1.82) is 0 Å². The minimum atomic E-state index is -0.242. The molecule has 22 heavy (non-hydrogen) atoms. The summed E-state index contributed by atoms with van der Waals surface area (Å²) in [6, 6.07) is 10.1. The predicted octanol–water partition coefficient (Wildman–Crippen LogP) is 4.79. The molecule has 0 spiro atoms. The lowest BCUT2D eigenvalue weighted by Gasteiger charge is -2.21. The van der Waals surface area contributed by atoms with Gasteiger partial charge in [0.15, 0.2) is 0 Å². The van der Waals surface area contributed by atoms with Crippen LogP contribution in [0.2, 0.25) is 0 Å². The lowest BCUT2D eigenvalue weighted by molar-refractivity contribution is 0.0588. The van der Waals surface area contributed by atoms with Gasteiger partial charge in [-0.15, -0.1) is 0 Å². The number of esters is 1. The van der Waals surface area contributed by atoms with Crippen LogP contribution in [0.15, 0.2) is 30.3 Å². The summed E-state index contributed by atoms with van der Waals surface area (Å²) < 4.78 is 7.07. The molecule has 1 aliphatic carbocycles. The monoisotopic (exact) mass is 299 g/mol. The van der Waals surface area contributed by atoms with Gasteiger partial charge in [-0.25, -0.2) is 4.79 Å². The number of rotatable bonds is 5. The van der Waals surface area contributed by atoms with Gasteiger partial charge in [0.25, 0.3) is 0 Å². The first-order valence-electron chi connectivity index (χ1n) is 8.46. The number of hydrogen-bond donors (Lipinski definition) is 0. The smallest absolute Gasteiger partial charge is 0.354 e. The number of fused-ring (bicyclic) bond motifs is 1. The van der Waals surface area contributed by atoms with Crippen molar-refractivity contribution < 1.29 is 9.53 Å². The first-order chi connectivity index (χ1) is 10.8. The SMILES string of the molecule is COC(=O)c1cc2ccccc2n1CCCC1CCCCC1. The van der Waals surface area contributed by atoms with Crippen molar-refractivity contribution in [2.45, 2.75) is 51.5 Å². The van der Waals surface area contributed by atoms with E-state index in [1.807, 2.05) is 18.2 Å². The average molecular weight is 299 g/mol. The fourth-order valence-electron chi connectivity index (χ4n) is 3.74. The summed E-state index contributed by atoms with van der Waals surface area (Å²) in [5.41, 5.74) is 1.80. The summed E-state index contributed by atoms with van der Waals surface area (Å²) in [4.78, 5) is 12.0. The van der Waals surface area contributed by atoms with E-state index in [1.54, 1.807) is 0 Å². The van der Waals surface area contributed by atoms with E-state index in [0.717, 1.165) is 29.8 Å². The minimum absolute atomic E-state index is 0.242. The molecule has 1 aromatic carbocycles. The normalized spacial score (nSPS) is 16.0. The average Bonchev–Trinajstić information content (AvgIpc) is 2.94. The van der Waals surface area contributed by atoms with Crippen molar-refractivity contribution in [1.82, 2.24) is 4.57 Å². The zero-order valence-corrected chi connectivity index (χ0v) is 13.4. The van der Waals surface area contributed by atoms with Crippen LogP contribution < -0.4 is 0 Å². The Labute approximate surface area is 132 Å². The van der Waals surface area contributed by atoms with Gasteiger partial charge in [0.1, 0.15) is 5.69 Å². The molecule has 0 unspecified atom stereocenters. The molecule has 3 nitrogen and oxygen atoms in total. The molecule has 0 atom stereocenters. The number of nitrogens with zero attached hydrogens (tertiary/aromatic N) is 1. The number of para-hydroxylation sites is 1. The maximum Gasteiger partial charge on any atom is 0.354 e. The lowest BCUT2D eigenvalue weighted by atomic mass is 9.86.